The van der Waals surface area contributed by atoms with Crippen LogP contribution in [0.2, 0.25) is 0 Å². The van der Waals surface area contributed by atoms with E-state index in [-0.39, 0.29) is 5.41 Å². The molecule has 2 atom stereocenters. The second kappa shape index (κ2) is 6.41. The van der Waals surface area contributed by atoms with E-state index in [2.05, 4.69) is 92.1 Å². The van der Waals surface area contributed by atoms with E-state index >= 15 is 0 Å². The van der Waals surface area contributed by atoms with E-state index in [4.69, 9.17) is 5.10 Å². The highest BCUT2D eigenvalue weighted by Gasteiger charge is 2.59. The molecular formula is C26H29N3. The molecule has 2 aliphatic rings. The van der Waals surface area contributed by atoms with Crippen molar-refractivity contribution >= 4 is 22.8 Å². The maximum atomic E-state index is 4.80. The number of hydrogen-bond donors (Lipinski definition) is 0. The molecule has 2 unspecified atom stereocenters. The fourth-order valence-electron chi connectivity index (χ4n) is 5.73. The molecule has 29 heavy (non-hydrogen) atoms. The van der Waals surface area contributed by atoms with Gasteiger partial charge in [0.1, 0.15) is 0 Å². The summed E-state index contributed by atoms with van der Waals surface area (Å²) in [7, 11) is 2.13. The first-order valence-corrected chi connectivity index (χ1v) is 10.7. The minimum atomic E-state index is 0.190. The number of benzene rings is 2. The van der Waals surface area contributed by atoms with Gasteiger partial charge in [-0.3, -0.25) is 0 Å². The van der Waals surface area contributed by atoms with Crippen molar-refractivity contribution < 1.29 is 0 Å². The third kappa shape index (κ3) is 2.56. The SMILES string of the molecule is Cn1c(-c2ccccc2)c(/C=N/N=C2/CC3CCC2(C)C3(C)C)c2ccccc21. The van der Waals surface area contributed by atoms with Crippen LogP contribution in [0.1, 0.15) is 45.6 Å². The second-order valence-corrected chi connectivity index (χ2v) is 9.49. The first-order chi connectivity index (χ1) is 13.9. The minimum absolute atomic E-state index is 0.190. The van der Waals surface area contributed by atoms with Gasteiger partial charge in [-0.05, 0) is 42.2 Å². The Balaban J connectivity index is 1.60. The molecule has 5 rings (SSSR count). The second-order valence-electron chi connectivity index (χ2n) is 9.49. The molecule has 2 saturated carbocycles. The minimum Gasteiger partial charge on any atom is -0.343 e. The molecule has 148 valence electrons. The summed E-state index contributed by atoms with van der Waals surface area (Å²) in [6, 6.07) is 19.1. The molecule has 2 bridgehead atoms. The first-order valence-electron chi connectivity index (χ1n) is 10.7. The zero-order chi connectivity index (χ0) is 20.2. The number of rotatable bonds is 3. The Hall–Kier alpha value is -2.68. The van der Waals surface area contributed by atoms with Gasteiger partial charge >= 0.3 is 0 Å². The Morgan fingerprint density at radius 1 is 1.00 bits per heavy atom. The smallest absolute Gasteiger partial charge is 0.0596 e. The third-order valence-corrected chi connectivity index (χ3v) is 8.07. The molecule has 0 radical (unpaired) electrons. The van der Waals surface area contributed by atoms with Gasteiger partial charge in [-0.25, -0.2) is 0 Å². The molecule has 0 saturated heterocycles. The van der Waals surface area contributed by atoms with Crippen LogP contribution in [0.15, 0.2) is 64.8 Å². The molecule has 0 amide bonds. The largest absolute Gasteiger partial charge is 0.343 e. The highest BCUT2D eigenvalue weighted by atomic mass is 15.2. The number of fused-ring (bicyclic) bond motifs is 3. The van der Waals surface area contributed by atoms with Crippen LogP contribution < -0.4 is 0 Å². The molecule has 2 fully saturated rings. The lowest BCUT2D eigenvalue weighted by Crippen LogP contribution is -2.32. The van der Waals surface area contributed by atoms with E-state index in [9.17, 15) is 0 Å². The fraction of sp³-hybridized carbons (Fsp3) is 0.385. The van der Waals surface area contributed by atoms with E-state index in [0.29, 0.717) is 5.41 Å². The quantitative estimate of drug-likeness (QED) is 0.367. The third-order valence-electron chi connectivity index (χ3n) is 8.07. The van der Waals surface area contributed by atoms with Gasteiger partial charge in [0.2, 0.25) is 0 Å². The van der Waals surface area contributed by atoms with Gasteiger partial charge in [0.25, 0.3) is 0 Å². The summed E-state index contributed by atoms with van der Waals surface area (Å²) in [6.07, 6.45) is 5.64. The Bertz CT molecular complexity index is 1130. The van der Waals surface area contributed by atoms with Crippen molar-refractivity contribution in [3.05, 3.63) is 60.2 Å². The van der Waals surface area contributed by atoms with Crippen molar-refractivity contribution in [1.82, 2.24) is 4.57 Å². The summed E-state index contributed by atoms with van der Waals surface area (Å²) in [5, 5.41) is 10.7. The average molecular weight is 384 g/mol. The van der Waals surface area contributed by atoms with Gasteiger partial charge in [0.05, 0.1) is 11.9 Å². The molecule has 1 heterocycles. The molecule has 3 aromatic rings. The van der Waals surface area contributed by atoms with Crippen LogP contribution in [0.25, 0.3) is 22.2 Å². The Morgan fingerprint density at radius 3 is 2.41 bits per heavy atom. The zero-order valence-corrected chi connectivity index (χ0v) is 17.8. The van der Waals surface area contributed by atoms with Crippen LogP contribution >= 0.6 is 0 Å². The predicted molar refractivity (Wildman–Crippen MR) is 123 cm³/mol. The lowest BCUT2D eigenvalue weighted by molar-refractivity contribution is 0.194. The van der Waals surface area contributed by atoms with Crippen molar-refractivity contribution in [2.24, 2.45) is 34.0 Å². The summed E-state index contributed by atoms with van der Waals surface area (Å²) in [4.78, 5) is 0. The standard InChI is InChI=1S/C26H29N3/c1-25(2)19-14-15-26(25,3)23(16-19)28-27-17-21-20-12-8-9-13-22(20)29(4)24(21)18-10-6-5-7-11-18/h5-13,17,19H,14-16H2,1-4H3/b27-17+,28-23-. The van der Waals surface area contributed by atoms with Crippen LogP contribution in [-0.2, 0) is 7.05 Å². The Labute approximate surface area is 173 Å². The molecule has 2 aromatic carbocycles. The topological polar surface area (TPSA) is 29.6 Å². The Kier molecular flexibility index (Phi) is 4.06. The van der Waals surface area contributed by atoms with Crippen LogP contribution in [0, 0.1) is 16.7 Å². The summed E-state index contributed by atoms with van der Waals surface area (Å²) in [6.45, 7) is 7.21. The number of nitrogens with zero attached hydrogens (tertiary/aromatic N) is 3. The summed E-state index contributed by atoms with van der Waals surface area (Å²) < 4.78 is 2.26. The lowest BCUT2D eigenvalue weighted by Gasteiger charge is -2.34. The number of para-hydroxylation sites is 1. The average Bonchev–Trinajstić information content (AvgIpc) is 3.21. The van der Waals surface area contributed by atoms with Crippen molar-refractivity contribution in [3.63, 3.8) is 0 Å². The van der Waals surface area contributed by atoms with Crippen LogP contribution in [0.4, 0.5) is 0 Å². The van der Waals surface area contributed by atoms with Crippen LogP contribution in [0.3, 0.4) is 0 Å². The van der Waals surface area contributed by atoms with Gasteiger partial charge < -0.3 is 4.57 Å². The van der Waals surface area contributed by atoms with Crippen molar-refractivity contribution in [3.8, 4) is 11.3 Å². The van der Waals surface area contributed by atoms with Gasteiger partial charge in [-0.1, -0.05) is 69.3 Å². The molecule has 0 spiro atoms. The molecule has 2 aliphatic carbocycles. The Morgan fingerprint density at radius 2 is 1.72 bits per heavy atom. The molecule has 3 heteroatoms. The van der Waals surface area contributed by atoms with E-state index in [1.165, 1.54) is 40.7 Å². The first kappa shape index (κ1) is 18.4. The number of aromatic nitrogens is 1. The summed E-state index contributed by atoms with van der Waals surface area (Å²) >= 11 is 0. The van der Waals surface area contributed by atoms with E-state index in [1.54, 1.807) is 0 Å². The van der Waals surface area contributed by atoms with Crippen molar-refractivity contribution in [1.29, 1.82) is 0 Å². The van der Waals surface area contributed by atoms with Gasteiger partial charge in [0, 0.05) is 34.6 Å². The molecule has 3 nitrogen and oxygen atoms in total. The van der Waals surface area contributed by atoms with E-state index in [0.717, 1.165) is 17.9 Å². The van der Waals surface area contributed by atoms with Crippen LogP contribution in [-0.4, -0.2) is 16.5 Å². The number of hydrogen-bond acceptors (Lipinski definition) is 2. The maximum Gasteiger partial charge on any atom is 0.0596 e. The van der Waals surface area contributed by atoms with E-state index < -0.39 is 0 Å². The number of aryl methyl sites for hydroxylation is 1. The molecule has 0 aliphatic heterocycles. The predicted octanol–water partition coefficient (Wildman–Crippen LogP) is 6.47. The monoisotopic (exact) mass is 383 g/mol. The lowest BCUT2D eigenvalue weighted by atomic mass is 9.70. The van der Waals surface area contributed by atoms with Crippen LogP contribution in [0.5, 0.6) is 0 Å². The van der Waals surface area contributed by atoms with Gasteiger partial charge in [-0.2, -0.15) is 10.2 Å². The zero-order valence-electron chi connectivity index (χ0n) is 17.8. The van der Waals surface area contributed by atoms with Crippen molar-refractivity contribution in [2.45, 2.75) is 40.0 Å². The van der Waals surface area contributed by atoms with Gasteiger partial charge in [0.15, 0.2) is 0 Å². The summed E-state index contributed by atoms with van der Waals surface area (Å²) in [5.41, 5.74) is 6.56. The van der Waals surface area contributed by atoms with Crippen molar-refractivity contribution in [2.75, 3.05) is 0 Å². The molecule has 0 N–H and O–H groups in total. The normalized spacial score (nSPS) is 26.9. The fourth-order valence-corrected chi connectivity index (χ4v) is 5.73. The highest BCUT2D eigenvalue weighted by molar-refractivity contribution is 6.06. The summed E-state index contributed by atoms with van der Waals surface area (Å²) in [5.74, 6) is 0.749. The maximum absolute atomic E-state index is 4.80. The highest BCUT2D eigenvalue weighted by Crippen LogP contribution is 2.64. The molecule has 1 aromatic heterocycles. The molecular weight excluding hydrogens is 354 g/mol. The van der Waals surface area contributed by atoms with E-state index in [1.807, 2.05) is 6.21 Å². The van der Waals surface area contributed by atoms with Gasteiger partial charge in [-0.15, -0.1) is 0 Å².